The Balaban J connectivity index is 2.49. The minimum absolute atomic E-state index is 0.481. The predicted octanol–water partition coefficient (Wildman–Crippen LogP) is 3.93. The summed E-state index contributed by atoms with van der Waals surface area (Å²) in [6, 6.07) is 11.3. The van der Waals surface area contributed by atoms with Crippen LogP contribution in [0.4, 0.5) is 0 Å². The highest BCUT2D eigenvalue weighted by Gasteiger charge is 2.10. The van der Waals surface area contributed by atoms with Gasteiger partial charge in [-0.25, -0.2) is 0 Å². The molecular formula is C16H13BrN2O2. The van der Waals surface area contributed by atoms with Crippen LogP contribution in [-0.4, -0.2) is 19.2 Å². The van der Waals surface area contributed by atoms with Gasteiger partial charge >= 0.3 is 0 Å². The van der Waals surface area contributed by atoms with Crippen LogP contribution in [0.1, 0.15) is 11.3 Å². The molecule has 0 radical (unpaired) electrons. The van der Waals surface area contributed by atoms with Gasteiger partial charge in [0.25, 0.3) is 0 Å². The van der Waals surface area contributed by atoms with Gasteiger partial charge in [-0.15, -0.1) is 0 Å². The van der Waals surface area contributed by atoms with Crippen LogP contribution in [0, 0.1) is 11.3 Å². The molecule has 0 saturated heterocycles. The number of hydrogen-bond acceptors (Lipinski definition) is 4. The topological polar surface area (TPSA) is 55.1 Å². The normalized spacial score (nSPS) is 10.9. The lowest BCUT2D eigenvalue weighted by Gasteiger charge is -2.10. The SMILES string of the molecule is COc1cc(/C=C(/C#N)c2ccccn2)cc(Br)c1OC. The average Bonchev–Trinajstić information content (AvgIpc) is 2.52. The molecule has 0 spiro atoms. The second kappa shape index (κ2) is 6.91. The van der Waals surface area contributed by atoms with Crippen molar-refractivity contribution in [3.05, 3.63) is 52.3 Å². The fourth-order valence-corrected chi connectivity index (χ4v) is 2.50. The van der Waals surface area contributed by atoms with E-state index in [1.807, 2.05) is 24.3 Å². The smallest absolute Gasteiger partial charge is 0.174 e. The van der Waals surface area contributed by atoms with Crippen LogP contribution in [0.2, 0.25) is 0 Å². The molecule has 106 valence electrons. The number of benzene rings is 1. The highest BCUT2D eigenvalue weighted by molar-refractivity contribution is 9.10. The van der Waals surface area contributed by atoms with Gasteiger partial charge in [-0.3, -0.25) is 4.98 Å². The fourth-order valence-electron chi connectivity index (χ4n) is 1.87. The number of pyridine rings is 1. The van der Waals surface area contributed by atoms with Gasteiger partial charge in [0.15, 0.2) is 11.5 Å². The summed E-state index contributed by atoms with van der Waals surface area (Å²) in [6.45, 7) is 0. The van der Waals surface area contributed by atoms with Crippen molar-refractivity contribution in [1.29, 1.82) is 5.26 Å². The molecule has 5 heteroatoms. The molecule has 0 amide bonds. The fraction of sp³-hybridized carbons (Fsp3) is 0.125. The maximum atomic E-state index is 9.31. The van der Waals surface area contributed by atoms with E-state index in [0.29, 0.717) is 22.8 Å². The summed E-state index contributed by atoms with van der Waals surface area (Å²) in [4.78, 5) is 4.19. The van der Waals surface area contributed by atoms with E-state index in [4.69, 9.17) is 9.47 Å². The largest absolute Gasteiger partial charge is 0.493 e. The number of aromatic nitrogens is 1. The number of allylic oxidation sites excluding steroid dienone is 1. The van der Waals surface area contributed by atoms with Crippen LogP contribution >= 0.6 is 15.9 Å². The van der Waals surface area contributed by atoms with Crippen molar-refractivity contribution in [3.8, 4) is 17.6 Å². The highest BCUT2D eigenvalue weighted by Crippen LogP contribution is 2.37. The molecule has 1 aromatic carbocycles. The number of halogens is 1. The van der Waals surface area contributed by atoms with Crippen LogP contribution in [0.25, 0.3) is 11.6 Å². The third-order valence-corrected chi connectivity index (χ3v) is 3.42. The molecule has 0 saturated carbocycles. The first-order chi connectivity index (χ1) is 10.2. The monoisotopic (exact) mass is 344 g/mol. The van der Waals surface area contributed by atoms with Crippen molar-refractivity contribution in [2.75, 3.05) is 14.2 Å². The summed E-state index contributed by atoms with van der Waals surface area (Å²) in [5.41, 5.74) is 1.93. The first-order valence-corrected chi connectivity index (χ1v) is 6.93. The van der Waals surface area contributed by atoms with E-state index < -0.39 is 0 Å². The van der Waals surface area contributed by atoms with E-state index in [9.17, 15) is 5.26 Å². The van der Waals surface area contributed by atoms with Crippen LogP contribution in [-0.2, 0) is 0 Å². The Kier molecular flexibility index (Phi) is 4.96. The zero-order chi connectivity index (χ0) is 15.2. The lowest BCUT2D eigenvalue weighted by molar-refractivity contribution is 0.353. The Hall–Kier alpha value is -2.32. The Morgan fingerprint density at radius 3 is 2.67 bits per heavy atom. The number of nitriles is 1. The minimum Gasteiger partial charge on any atom is -0.493 e. The zero-order valence-corrected chi connectivity index (χ0v) is 13.2. The summed E-state index contributed by atoms with van der Waals surface area (Å²) in [5.74, 6) is 1.21. The van der Waals surface area contributed by atoms with E-state index in [1.54, 1.807) is 32.6 Å². The van der Waals surface area contributed by atoms with Crippen molar-refractivity contribution >= 4 is 27.6 Å². The summed E-state index contributed by atoms with van der Waals surface area (Å²) >= 11 is 3.43. The second-order valence-corrected chi connectivity index (χ2v) is 4.98. The van der Waals surface area contributed by atoms with E-state index in [2.05, 4.69) is 27.0 Å². The first-order valence-electron chi connectivity index (χ1n) is 6.14. The van der Waals surface area contributed by atoms with E-state index in [-0.39, 0.29) is 0 Å². The highest BCUT2D eigenvalue weighted by atomic mass is 79.9. The summed E-state index contributed by atoms with van der Waals surface area (Å²) < 4.78 is 11.3. The van der Waals surface area contributed by atoms with Crippen LogP contribution in [0.5, 0.6) is 11.5 Å². The Morgan fingerprint density at radius 1 is 1.29 bits per heavy atom. The van der Waals surface area contributed by atoms with Crippen LogP contribution in [0.15, 0.2) is 41.0 Å². The molecule has 1 heterocycles. The molecule has 0 aliphatic rings. The van der Waals surface area contributed by atoms with Gasteiger partial charge in [-0.2, -0.15) is 5.26 Å². The van der Waals surface area contributed by atoms with Gasteiger partial charge in [0.1, 0.15) is 6.07 Å². The maximum Gasteiger partial charge on any atom is 0.174 e. The number of rotatable bonds is 4. The van der Waals surface area contributed by atoms with Gasteiger partial charge < -0.3 is 9.47 Å². The first kappa shape index (κ1) is 15.1. The lowest BCUT2D eigenvalue weighted by atomic mass is 10.1. The van der Waals surface area contributed by atoms with Gasteiger partial charge in [0, 0.05) is 6.20 Å². The third-order valence-electron chi connectivity index (χ3n) is 2.83. The van der Waals surface area contributed by atoms with Crippen LogP contribution in [0.3, 0.4) is 0 Å². The molecule has 0 fully saturated rings. The average molecular weight is 345 g/mol. The molecule has 2 rings (SSSR count). The van der Waals surface area contributed by atoms with Crippen molar-refractivity contribution in [3.63, 3.8) is 0 Å². The molecule has 0 aliphatic carbocycles. The molecule has 2 aromatic rings. The lowest BCUT2D eigenvalue weighted by Crippen LogP contribution is -1.93. The van der Waals surface area contributed by atoms with E-state index in [0.717, 1.165) is 10.0 Å². The molecule has 0 aliphatic heterocycles. The Bertz CT molecular complexity index is 706. The Morgan fingerprint density at radius 2 is 2.10 bits per heavy atom. The third kappa shape index (κ3) is 3.41. The molecular weight excluding hydrogens is 332 g/mol. The molecule has 0 bridgehead atoms. The quantitative estimate of drug-likeness (QED) is 0.788. The van der Waals surface area contributed by atoms with E-state index >= 15 is 0 Å². The summed E-state index contributed by atoms with van der Waals surface area (Å²) in [7, 11) is 3.15. The van der Waals surface area contributed by atoms with Crippen molar-refractivity contribution in [1.82, 2.24) is 4.98 Å². The Labute approximate surface area is 131 Å². The number of ether oxygens (including phenoxy) is 2. The standard InChI is InChI=1S/C16H13BrN2O2/c1-20-15-9-11(8-13(17)16(15)21-2)7-12(10-18)14-5-3-4-6-19-14/h3-9H,1-2H3/b12-7-. The number of hydrogen-bond donors (Lipinski definition) is 0. The van der Waals surface area contributed by atoms with Crippen molar-refractivity contribution in [2.24, 2.45) is 0 Å². The molecule has 0 atom stereocenters. The molecule has 4 nitrogen and oxygen atoms in total. The second-order valence-electron chi connectivity index (χ2n) is 4.12. The molecule has 21 heavy (non-hydrogen) atoms. The maximum absolute atomic E-state index is 9.31. The van der Waals surface area contributed by atoms with E-state index in [1.165, 1.54) is 0 Å². The van der Waals surface area contributed by atoms with Crippen molar-refractivity contribution < 1.29 is 9.47 Å². The van der Waals surface area contributed by atoms with Gasteiger partial charge in [0.05, 0.1) is 30.0 Å². The summed E-state index contributed by atoms with van der Waals surface area (Å²) in [5, 5.41) is 9.31. The van der Waals surface area contributed by atoms with Crippen molar-refractivity contribution in [2.45, 2.75) is 0 Å². The van der Waals surface area contributed by atoms with Gasteiger partial charge in [0.2, 0.25) is 0 Å². The summed E-state index contributed by atoms with van der Waals surface area (Å²) in [6.07, 6.45) is 3.42. The molecule has 0 N–H and O–H groups in total. The minimum atomic E-state index is 0.481. The van der Waals surface area contributed by atoms with Gasteiger partial charge in [-0.1, -0.05) is 6.07 Å². The zero-order valence-electron chi connectivity index (χ0n) is 11.6. The molecule has 1 aromatic heterocycles. The van der Waals surface area contributed by atoms with Crippen LogP contribution < -0.4 is 9.47 Å². The predicted molar refractivity (Wildman–Crippen MR) is 85.0 cm³/mol. The molecule has 0 unspecified atom stereocenters. The number of nitrogens with zero attached hydrogens (tertiary/aromatic N) is 2. The van der Waals surface area contributed by atoms with Gasteiger partial charge in [-0.05, 0) is 51.8 Å². The number of methoxy groups -OCH3 is 2.